The van der Waals surface area contributed by atoms with E-state index in [1.165, 1.54) is 13.8 Å². The van der Waals surface area contributed by atoms with E-state index in [0.717, 1.165) is 0 Å². The minimum atomic E-state index is -1.39. The fraction of sp³-hybridized carbons (Fsp3) is 0.857. The van der Waals surface area contributed by atoms with Crippen LogP contribution in [0.5, 0.6) is 0 Å². The van der Waals surface area contributed by atoms with Gasteiger partial charge in [-0.15, -0.1) is 0 Å². The predicted octanol–water partition coefficient (Wildman–Crippen LogP) is 0.00860. The molecule has 1 fully saturated rings. The quantitative estimate of drug-likeness (QED) is 0.655. The van der Waals surface area contributed by atoms with Gasteiger partial charge in [-0.2, -0.15) is 0 Å². The van der Waals surface area contributed by atoms with Crippen LogP contribution in [0.2, 0.25) is 0 Å². The molecule has 0 saturated carbocycles. The van der Waals surface area contributed by atoms with Crippen molar-refractivity contribution < 1.29 is 38.4 Å². The summed E-state index contributed by atoms with van der Waals surface area (Å²) in [6, 6.07) is 0. The Balaban J connectivity index is 2.99. The third-order valence-electron chi connectivity index (χ3n) is 3.06. The Morgan fingerprint density at radius 1 is 1.00 bits per heavy atom. The SMILES string of the molecule is CCOC[C@H]1O[C@H](O)[C@@H](OC(C)=O)[C@@H](OCC)[C@@H]1OC(C)=O. The molecule has 0 unspecified atom stereocenters. The lowest BCUT2D eigenvalue weighted by Crippen LogP contribution is -2.62. The highest BCUT2D eigenvalue weighted by Crippen LogP contribution is 2.27. The molecule has 1 N–H and O–H groups in total. The van der Waals surface area contributed by atoms with Crippen molar-refractivity contribution in [3.8, 4) is 0 Å². The van der Waals surface area contributed by atoms with Crippen LogP contribution in [-0.2, 0) is 33.3 Å². The van der Waals surface area contributed by atoms with Gasteiger partial charge in [0.05, 0.1) is 6.61 Å². The first kappa shape index (κ1) is 18.8. The van der Waals surface area contributed by atoms with E-state index < -0.39 is 42.6 Å². The summed E-state index contributed by atoms with van der Waals surface area (Å²) in [6.07, 6.45) is -4.89. The normalized spacial score (nSPS) is 31.6. The van der Waals surface area contributed by atoms with Crippen LogP contribution in [0.3, 0.4) is 0 Å². The number of carbonyl (C=O) groups excluding carboxylic acids is 2. The molecular weight excluding hydrogens is 296 g/mol. The highest BCUT2D eigenvalue weighted by molar-refractivity contribution is 5.67. The number of aliphatic hydroxyl groups is 1. The minimum Gasteiger partial charge on any atom is -0.457 e. The maximum absolute atomic E-state index is 11.3. The summed E-state index contributed by atoms with van der Waals surface area (Å²) < 4.78 is 26.5. The predicted molar refractivity (Wildman–Crippen MR) is 73.9 cm³/mol. The van der Waals surface area contributed by atoms with Gasteiger partial charge in [-0.25, -0.2) is 0 Å². The topological polar surface area (TPSA) is 101 Å². The second-order valence-corrected chi connectivity index (χ2v) is 4.79. The lowest BCUT2D eigenvalue weighted by Gasteiger charge is -2.43. The lowest BCUT2D eigenvalue weighted by molar-refractivity contribution is -0.301. The van der Waals surface area contributed by atoms with Crippen molar-refractivity contribution in [3.05, 3.63) is 0 Å². The average Bonchev–Trinajstić information content (AvgIpc) is 2.43. The first-order chi connectivity index (χ1) is 10.4. The van der Waals surface area contributed by atoms with Crippen LogP contribution in [0, 0.1) is 0 Å². The van der Waals surface area contributed by atoms with Crippen molar-refractivity contribution in [2.45, 2.75) is 58.4 Å². The van der Waals surface area contributed by atoms with Crippen molar-refractivity contribution in [2.75, 3.05) is 19.8 Å². The maximum Gasteiger partial charge on any atom is 0.303 e. The van der Waals surface area contributed by atoms with Gasteiger partial charge < -0.3 is 28.8 Å². The lowest BCUT2D eigenvalue weighted by atomic mass is 9.98. The Labute approximate surface area is 129 Å². The fourth-order valence-corrected chi connectivity index (χ4v) is 2.30. The summed E-state index contributed by atoms with van der Waals surface area (Å²) in [4.78, 5) is 22.6. The number of carbonyl (C=O) groups is 2. The van der Waals surface area contributed by atoms with E-state index in [1.807, 2.05) is 6.92 Å². The Morgan fingerprint density at radius 3 is 2.09 bits per heavy atom. The number of ether oxygens (including phenoxy) is 5. The third-order valence-corrected chi connectivity index (χ3v) is 3.06. The molecule has 0 aromatic rings. The largest absolute Gasteiger partial charge is 0.457 e. The molecule has 1 aliphatic heterocycles. The van der Waals surface area contributed by atoms with Crippen LogP contribution in [0.15, 0.2) is 0 Å². The number of aliphatic hydroxyl groups excluding tert-OH is 1. The van der Waals surface area contributed by atoms with Crippen LogP contribution in [0.4, 0.5) is 0 Å². The zero-order chi connectivity index (χ0) is 16.7. The molecule has 0 aromatic heterocycles. The van der Waals surface area contributed by atoms with E-state index in [-0.39, 0.29) is 13.2 Å². The summed E-state index contributed by atoms with van der Waals surface area (Å²) in [6.45, 7) is 6.86. The summed E-state index contributed by atoms with van der Waals surface area (Å²) in [5.41, 5.74) is 0. The molecule has 0 bridgehead atoms. The Kier molecular flexibility index (Phi) is 7.74. The Hall–Kier alpha value is -1.22. The Morgan fingerprint density at radius 2 is 1.59 bits per heavy atom. The van der Waals surface area contributed by atoms with Crippen molar-refractivity contribution in [3.63, 3.8) is 0 Å². The number of esters is 2. The van der Waals surface area contributed by atoms with Crippen molar-refractivity contribution in [1.82, 2.24) is 0 Å². The molecule has 1 rings (SSSR count). The smallest absolute Gasteiger partial charge is 0.303 e. The highest BCUT2D eigenvalue weighted by atomic mass is 16.7. The molecule has 0 aromatic carbocycles. The molecule has 1 heterocycles. The maximum atomic E-state index is 11.3. The molecule has 1 saturated heterocycles. The van der Waals surface area contributed by atoms with E-state index in [4.69, 9.17) is 23.7 Å². The van der Waals surface area contributed by atoms with Gasteiger partial charge >= 0.3 is 11.9 Å². The number of rotatable bonds is 7. The molecule has 1 aliphatic rings. The van der Waals surface area contributed by atoms with Crippen LogP contribution in [0.25, 0.3) is 0 Å². The molecule has 8 nitrogen and oxygen atoms in total. The van der Waals surface area contributed by atoms with E-state index in [0.29, 0.717) is 6.61 Å². The van der Waals surface area contributed by atoms with Crippen LogP contribution in [0.1, 0.15) is 27.7 Å². The molecule has 0 aliphatic carbocycles. The molecule has 8 heteroatoms. The highest BCUT2D eigenvalue weighted by Gasteiger charge is 2.49. The second kappa shape index (κ2) is 9.04. The summed E-state index contributed by atoms with van der Waals surface area (Å²) in [5.74, 6) is -1.13. The van der Waals surface area contributed by atoms with E-state index >= 15 is 0 Å². The standard InChI is InChI=1S/C14H24O8/c1-5-18-7-10-11(20-8(3)15)12(19-6-2)13(14(17)22-10)21-9(4)16/h10-14,17H,5-7H2,1-4H3/t10-,11-,12+,13+,14+/m1/s1. The zero-order valence-electron chi connectivity index (χ0n) is 13.3. The molecule has 5 atom stereocenters. The van der Waals surface area contributed by atoms with E-state index in [2.05, 4.69) is 0 Å². The van der Waals surface area contributed by atoms with Gasteiger partial charge in [0.25, 0.3) is 0 Å². The van der Waals surface area contributed by atoms with Crippen molar-refractivity contribution >= 4 is 11.9 Å². The first-order valence-corrected chi connectivity index (χ1v) is 7.28. The zero-order valence-corrected chi connectivity index (χ0v) is 13.3. The fourth-order valence-electron chi connectivity index (χ4n) is 2.30. The average molecular weight is 320 g/mol. The third kappa shape index (κ3) is 5.20. The summed E-state index contributed by atoms with van der Waals surface area (Å²) in [5, 5.41) is 10.1. The Bertz CT molecular complexity index is 372. The van der Waals surface area contributed by atoms with Crippen molar-refractivity contribution in [1.29, 1.82) is 0 Å². The second-order valence-electron chi connectivity index (χ2n) is 4.79. The van der Waals surface area contributed by atoms with Crippen molar-refractivity contribution in [2.24, 2.45) is 0 Å². The van der Waals surface area contributed by atoms with Gasteiger partial charge in [0, 0.05) is 27.1 Å². The number of hydrogen-bond donors (Lipinski definition) is 1. The molecule has 128 valence electrons. The van der Waals surface area contributed by atoms with Crippen LogP contribution >= 0.6 is 0 Å². The summed E-state index contributed by atoms with van der Waals surface area (Å²) >= 11 is 0. The van der Waals surface area contributed by atoms with Gasteiger partial charge in [0.2, 0.25) is 0 Å². The molecule has 0 amide bonds. The number of hydrogen-bond acceptors (Lipinski definition) is 8. The van der Waals surface area contributed by atoms with Gasteiger partial charge in [0.1, 0.15) is 12.2 Å². The molecular formula is C14H24O8. The first-order valence-electron chi connectivity index (χ1n) is 7.28. The van der Waals surface area contributed by atoms with Gasteiger partial charge in [-0.05, 0) is 13.8 Å². The molecule has 0 radical (unpaired) electrons. The van der Waals surface area contributed by atoms with Gasteiger partial charge in [-0.1, -0.05) is 0 Å². The van der Waals surface area contributed by atoms with E-state index in [1.54, 1.807) is 6.92 Å². The summed E-state index contributed by atoms with van der Waals surface area (Å²) in [7, 11) is 0. The van der Waals surface area contributed by atoms with Crippen LogP contribution < -0.4 is 0 Å². The molecule has 22 heavy (non-hydrogen) atoms. The van der Waals surface area contributed by atoms with Crippen LogP contribution in [-0.4, -0.2) is 67.6 Å². The monoisotopic (exact) mass is 320 g/mol. The minimum absolute atomic E-state index is 0.113. The van der Waals surface area contributed by atoms with E-state index in [9.17, 15) is 14.7 Å². The van der Waals surface area contributed by atoms with Gasteiger partial charge in [-0.3, -0.25) is 9.59 Å². The molecule has 0 spiro atoms. The van der Waals surface area contributed by atoms with Gasteiger partial charge in [0.15, 0.2) is 18.5 Å².